The van der Waals surface area contributed by atoms with Crippen molar-refractivity contribution in [1.29, 1.82) is 0 Å². The highest BCUT2D eigenvalue weighted by Gasteiger charge is 2.27. The molecule has 0 spiro atoms. The first kappa shape index (κ1) is 13.0. The third-order valence-electron chi connectivity index (χ3n) is 1.73. The Morgan fingerprint density at radius 3 is 2.33 bits per heavy atom. The zero-order chi connectivity index (χ0) is 11.8. The summed E-state index contributed by atoms with van der Waals surface area (Å²) in [4.78, 5) is 23.1. The van der Waals surface area contributed by atoms with Crippen LogP contribution in [-0.4, -0.2) is 41.0 Å². The summed E-state index contributed by atoms with van der Waals surface area (Å²) in [5.74, 6) is 2.66. The van der Waals surface area contributed by atoms with E-state index in [4.69, 9.17) is 23.7 Å². The Labute approximate surface area is 88.2 Å². The Kier molecular flexibility index (Phi) is 5.62. The van der Waals surface area contributed by atoms with Crippen LogP contribution in [0.5, 0.6) is 0 Å². The first-order valence-electron chi connectivity index (χ1n) is 4.17. The third-order valence-corrected chi connectivity index (χ3v) is 1.73. The quantitative estimate of drug-likeness (QED) is 0.561. The number of carboxylic acid groups (broad SMARTS) is 1. The molecule has 5 nitrogen and oxygen atoms in total. The number of rotatable bonds is 5. The van der Waals surface area contributed by atoms with Gasteiger partial charge >= 0.3 is 5.97 Å². The minimum absolute atomic E-state index is 0.0945. The molecule has 80 valence electrons. The molecule has 0 saturated carbocycles. The van der Waals surface area contributed by atoms with Crippen molar-refractivity contribution < 1.29 is 14.7 Å². The van der Waals surface area contributed by atoms with Gasteiger partial charge in [-0.05, 0) is 0 Å². The number of hydrogen-bond acceptors (Lipinski definition) is 3. The van der Waals surface area contributed by atoms with Crippen LogP contribution in [0.2, 0.25) is 0 Å². The highest BCUT2D eigenvalue weighted by molar-refractivity contribution is 5.85. The molecule has 0 aliphatic heterocycles. The summed E-state index contributed by atoms with van der Waals surface area (Å²) in [6.07, 6.45) is 9.94. The van der Waals surface area contributed by atoms with E-state index < -0.39 is 17.9 Å². The SMILES string of the molecule is C#CCC(C(=O)O)N(CC#C)C(=O)CN. The van der Waals surface area contributed by atoms with Gasteiger partial charge in [0.05, 0.1) is 13.1 Å². The van der Waals surface area contributed by atoms with Gasteiger partial charge in [0, 0.05) is 6.42 Å². The van der Waals surface area contributed by atoms with Crippen molar-refractivity contribution in [1.82, 2.24) is 4.90 Å². The van der Waals surface area contributed by atoms with E-state index in [9.17, 15) is 9.59 Å². The molecule has 1 atom stereocenters. The topological polar surface area (TPSA) is 83.6 Å². The fraction of sp³-hybridized carbons (Fsp3) is 0.400. The predicted octanol–water partition coefficient (Wildman–Crippen LogP) is -1.12. The molecular weight excluding hydrogens is 196 g/mol. The summed E-state index contributed by atoms with van der Waals surface area (Å²) >= 11 is 0. The number of aliphatic carboxylic acids is 1. The average Bonchev–Trinajstić information content (AvgIpc) is 2.21. The van der Waals surface area contributed by atoms with E-state index in [0.29, 0.717) is 0 Å². The maximum Gasteiger partial charge on any atom is 0.327 e. The van der Waals surface area contributed by atoms with Crippen molar-refractivity contribution >= 4 is 11.9 Å². The Hall–Kier alpha value is -1.98. The number of nitrogens with zero attached hydrogens (tertiary/aromatic N) is 1. The number of nitrogens with two attached hydrogens (primary N) is 1. The molecule has 0 saturated heterocycles. The molecule has 0 fully saturated rings. The molecular formula is C10H12N2O3. The van der Waals surface area contributed by atoms with Gasteiger partial charge in [-0.1, -0.05) is 5.92 Å². The van der Waals surface area contributed by atoms with Crippen LogP contribution in [0.25, 0.3) is 0 Å². The fourth-order valence-electron chi connectivity index (χ4n) is 1.03. The minimum Gasteiger partial charge on any atom is -0.480 e. The van der Waals surface area contributed by atoms with Crippen molar-refractivity contribution in [2.75, 3.05) is 13.1 Å². The normalized spacial score (nSPS) is 10.9. The molecule has 0 rings (SSSR count). The van der Waals surface area contributed by atoms with Crippen LogP contribution in [0.1, 0.15) is 6.42 Å². The van der Waals surface area contributed by atoms with Crippen LogP contribution in [0, 0.1) is 24.7 Å². The van der Waals surface area contributed by atoms with Crippen LogP contribution in [0.4, 0.5) is 0 Å². The molecule has 5 heteroatoms. The van der Waals surface area contributed by atoms with Crippen LogP contribution in [-0.2, 0) is 9.59 Å². The van der Waals surface area contributed by atoms with Crippen LogP contribution < -0.4 is 5.73 Å². The van der Waals surface area contributed by atoms with E-state index >= 15 is 0 Å². The van der Waals surface area contributed by atoms with Crippen molar-refractivity contribution in [3.63, 3.8) is 0 Å². The largest absolute Gasteiger partial charge is 0.480 e. The molecule has 0 aromatic heterocycles. The zero-order valence-corrected chi connectivity index (χ0v) is 8.14. The Balaban J connectivity index is 4.85. The number of carbonyl (C=O) groups is 2. The lowest BCUT2D eigenvalue weighted by Gasteiger charge is -2.25. The van der Waals surface area contributed by atoms with Gasteiger partial charge < -0.3 is 15.7 Å². The van der Waals surface area contributed by atoms with Gasteiger partial charge in [-0.3, -0.25) is 4.79 Å². The van der Waals surface area contributed by atoms with E-state index in [1.807, 2.05) is 0 Å². The standard InChI is InChI=1S/C10H12N2O3/c1-3-5-8(10(14)15)12(6-4-2)9(13)7-11/h1-2,8H,5-7,11H2,(H,14,15). The Morgan fingerprint density at radius 1 is 1.40 bits per heavy atom. The lowest BCUT2D eigenvalue weighted by atomic mass is 10.1. The Bertz CT molecular complexity index is 325. The molecule has 0 radical (unpaired) electrons. The average molecular weight is 208 g/mol. The van der Waals surface area contributed by atoms with E-state index in [2.05, 4.69) is 11.8 Å². The highest BCUT2D eigenvalue weighted by Crippen LogP contribution is 2.04. The summed E-state index contributed by atoms with van der Waals surface area (Å²) < 4.78 is 0. The minimum atomic E-state index is -1.19. The van der Waals surface area contributed by atoms with E-state index in [0.717, 1.165) is 4.90 Å². The number of carboxylic acids is 1. The molecule has 0 aromatic rings. The Morgan fingerprint density at radius 2 is 2.00 bits per heavy atom. The maximum absolute atomic E-state index is 11.3. The van der Waals surface area contributed by atoms with Crippen LogP contribution in [0.3, 0.4) is 0 Å². The van der Waals surface area contributed by atoms with E-state index in [-0.39, 0.29) is 19.5 Å². The van der Waals surface area contributed by atoms with Gasteiger partial charge in [-0.15, -0.1) is 18.8 Å². The van der Waals surface area contributed by atoms with E-state index in [1.165, 1.54) is 0 Å². The smallest absolute Gasteiger partial charge is 0.327 e. The first-order valence-corrected chi connectivity index (χ1v) is 4.17. The number of amides is 1. The third kappa shape index (κ3) is 3.72. The van der Waals surface area contributed by atoms with Gasteiger partial charge in [0.1, 0.15) is 6.04 Å². The summed E-state index contributed by atoms with van der Waals surface area (Å²) in [6, 6.07) is -1.11. The summed E-state index contributed by atoms with van der Waals surface area (Å²) in [7, 11) is 0. The van der Waals surface area contributed by atoms with Gasteiger partial charge in [-0.2, -0.15) is 0 Å². The lowest BCUT2D eigenvalue weighted by molar-refractivity contribution is -0.148. The van der Waals surface area contributed by atoms with Crippen molar-refractivity contribution in [2.24, 2.45) is 5.73 Å². The second-order valence-corrected chi connectivity index (χ2v) is 2.69. The molecule has 3 N–H and O–H groups in total. The zero-order valence-electron chi connectivity index (χ0n) is 8.14. The van der Waals surface area contributed by atoms with Gasteiger partial charge in [-0.25, -0.2) is 4.79 Å². The second-order valence-electron chi connectivity index (χ2n) is 2.69. The number of carbonyl (C=O) groups excluding carboxylic acids is 1. The van der Waals surface area contributed by atoms with Gasteiger partial charge in [0.2, 0.25) is 5.91 Å². The molecule has 0 aliphatic rings. The van der Waals surface area contributed by atoms with E-state index in [1.54, 1.807) is 0 Å². The molecule has 0 aromatic carbocycles. The molecule has 1 amide bonds. The molecule has 0 aliphatic carbocycles. The summed E-state index contributed by atoms with van der Waals surface area (Å²) in [6.45, 7) is -0.412. The monoisotopic (exact) mass is 208 g/mol. The molecule has 15 heavy (non-hydrogen) atoms. The molecule has 1 unspecified atom stereocenters. The van der Waals surface area contributed by atoms with Crippen molar-refractivity contribution in [3.05, 3.63) is 0 Å². The number of hydrogen-bond donors (Lipinski definition) is 2. The van der Waals surface area contributed by atoms with Crippen molar-refractivity contribution in [2.45, 2.75) is 12.5 Å². The van der Waals surface area contributed by atoms with Gasteiger partial charge in [0.25, 0.3) is 0 Å². The predicted molar refractivity (Wildman–Crippen MR) is 54.5 cm³/mol. The van der Waals surface area contributed by atoms with Crippen molar-refractivity contribution in [3.8, 4) is 24.7 Å². The highest BCUT2D eigenvalue weighted by atomic mass is 16.4. The fourth-order valence-corrected chi connectivity index (χ4v) is 1.03. The van der Waals surface area contributed by atoms with Crippen LogP contribution >= 0.6 is 0 Å². The molecule has 0 bridgehead atoms. The second kappa shape index (κ2) is 6.47. The lowest BCUT2D eigenvalue weighted by Crippen LogP contribution is -2.47. The summed E-state index contributed by atoms with van der Waals surface area (Å²) in [5.41, 5.74) is 5.13. The summed E-state index contributed by atoms with van der Waals surface area (Å²) in [5, 5.41) is 8.85. The number of terminal acetylenes is 2. The molecule has 0 heterocycles. The van der Waals surface area contributed by atoms with Gasteiger partial charge in [0.15, 0.2) is 0 Å². The first-order chi connectivity index (χ1) is 7.08. The maximum atomic E-state index is 11.3. The van der Waals surface area contributed by atoms with Crippen LogP contribution in [0.15, 0.2) is 0 Å².